The summed E-state index contributed by atoms with van der Waals surface area (Å²) in [4.78, 5) is 26.9. The standard InChI is InChI=1S/C20H33O4Si.3C6H5.Sn/c1-7-11-16-14-20(18(21)23-8-2,19(22)24-9-3)15-17(16)12-10-13-25(4,5)6;3*1-2-4-6-5-3-1;/h7,10-12,16-17H,1,8-9,13-15H2,2-6H3;3*1-5H;/b11-7+,12-10+;;;;/t16-,17-;;;;/m1..../s1. The van der Waals surface area contributed by atoms with E-state index in [0.717, 1.165) is 10.5 Å². The molecule has 1 aliphatic rings. The Morgan fingerprint density at radius 1 is 0.705 bits per heavy atom. The van der Waals surface area contributed by atoms with Gasteiger partial charge in [-0.05, 0) is 0 Å². The Bertz CT molecular complexity index is 1300. The average Bonchev–Trinajstić information content (AvgIpc) is 3.40. The van der Waals surface area contributed by atoms with E-state index in [2.05, 4.69) is 135 Å². The van der Waals surface area contributed by atoms with Gasteiger partial charge in [-0.2, -0.15) is 0 Å². The van der Waals surface area contributed by atoms with Crippen molar-refractivity contribution in [3.8, 4) is 0 Å². The molecular formula is C38H48O4SiSn. The Balaban J connectivity index is 1.77. The molecule has 1 aliphatic carbocycles. The van der Waals surface area contributed by atoms with Crippen molar-refractivity contribution >= 4 is 49.1 Å². The molecule has 1 saturated carbocycles. The van der Waals surface area contributed by atoms with Gasteiger partial charge in [0.2, 0.25) is 0 Å². The van der Waals surface area contributed by atoms with Crippen LogP contribution < -0.4 is 10.7 Å². The molecule has 0 heterocycles. The summed E-state index contributed by atoms with van der Waals surface area (Å²) in [5.41, 5.74) is -1.28. The summed E-state index contributed by atoms with van der Waals surface area (Å²) in [6, 6.07) is 34.0. The fraction of sp³-hybridized carbons (Fsp3) is 0.368. The van der Waals surface area contributed by atoms with E-state index in [0.29, 0.717) is 12.8 Å². The second kappa shape index (κ2) is 15.4. The van der Waals surface area contributed by atoms with Crippen LogP contribution in [-0.2, 0) is 19.1 Å². The summed E-state index contributed by atoms with van der Waals surface area (Å²) in [5.74, 6) is -0.840. The van der Waals surface area contributed by atoms with Crippen molar-refractivity contribution in [2.45, 2.75) is 56.8 Å². The van der Waals surface area contributed by atoms with E-state index in [-0.39, 0.29) is 25.0 Å². The first kappa shape index (κ1) is 34.0. The van der Waals surface area contributed by atoms with Crippen molar-refractivity contribution in [3.05, 3.63) is 115 Å². The Morgan fingerprint density at radius 2 is 1.09 bits per heavy atom. The van der Waals surface area contributed by atoms with Crippen molar-refractivity contribution in [2.24, 2.45) is 17.3 Å². The number of benzene rings is 3. The number of carbonyl (C=O) groups is 2. The zero-order valence-corrected chi connectivity index (χ0v) is 30.9. The van der Waals surface area contributed by atoms with E-state index in [4.69, 9.17) is 9.47 Å². The van der Waals surface area contributed by atoms with Gasteiger partial charge < -0.3 is 0 Å². The summed E-state index contributed by atoms with van der Waals surface area (Å²) >= 11 is -3.50. The van der Waals surface area contributed by atoms with Crippen LogP contribution >= 0.6 is 0 Å². The van der Waals surface area contributed by atoms with E-state index in [1.54, 1.807) is 13.8 Å². The van der Waals surface area contributed by atoms with Crippen LogP contribution in [0.4, 0.5) is 0 Å². The van der Waals surface area contributed by atoms with Crippen LogP contribution in [0.3, 0.4) is 0 Å². The summed E-state index contributed by atoms with van der Waals surface area (Å²) in [6.45, 7) is 11.1. The van der Waals surface area contributed by atoms with Gasteiger partial charge in [0.25, 0.3) is 0 Å². The molecule has 0 saturated heterocycles. The number of carbonyl (C=O) groups excluding carboxylic acids is 2. The molecule has 3 aromatic rings. The molecule has 6 heteroatoms. The van der Waals surface area contributed by atoms with Crippen LogP contribution in [0.2, 0.25) is 30.1 Å². The molecule has 0 bridgehead atoms. The summed E-state index contributed by atoms with van der Waals surface area (Å²) in [5, 5.41) is 0. The van der Waals surface area contributed by atoms with Gasteiger partial charge in [0.05, 0.1) is 0 Å². The van der Waals surface area contributed by atoms with Gasteiger partial charge in [-0.1, -0.05) is 0 Å². The summed E-state index contributed by atoms with van der Waals surface area (Å²) in [6.07, 6.45) is 10.0. The molecule has 0 unspecified atom stereocenters. The molecule has 0 aromatic heterocycles. The maximum absolute atomic E-state index is 13.4. The Labute approximate surface area is 269 Å². The normalized spacial score (nSPS) is 18.5. The molecular weight excluding hydrogens is 667 g/mol. The Morgan fingerprint density at radius 3 is 1.45 bits per heavy atom. The van der Waals surface area contributed by atoms with Gasteiger partial charge in [0.1, 0.15) is 0 Å². The van der Waals surface area contributed by atoms with Crippen molar-refractivity contribution in [1.29, 1.82) is 0 Å². The van der Waals surface area contributed by atoms with E-state index < -0.39 is 43.8 Å². The van der Waals surface area contributed by atoms with E-state index in [1.165, 1.54) is 10.7 Å². The van der Waals surface area contributed by atoms with Gasteiger partial charge in [-0.3, -0.25) is 0 Å². The molecule has 232 valence electrons. The van der Waals surface area contributed by atoms with Crippen LogP contribution in [-0.4, -0.2) is 51.6 Å². The number of hydrogen-bond acceptors (Lipinski definition) is 4. The third-order valence-corrected chi connectivity index (χ3v) is 23.9. The van der Waals surface area contributed by atoms with Crippen LogP contribution in [0.5, 0.6) is 0 Å². The predicted octanol–water partition coefficient (Wildman–Crippen LogP) is 6.75. The van der Waals surface area contributed by atoms with Gasteiger partial charge in [0, 0.05) is 0 Å². The number of hydrogen-bond donors (Lipinski definition) is 0. The molecule has 0 radical (unpaired) electrons. The SMILES string of the molecule is CCOC(=O)C1(C(=O)OCC)C[C@@H](/C=C/C[Si](C)(C)C)[C@H](/C=C/[CH2][Sn]([c]2ccccc2)([c]2ccccc2)[c]2ccccc2)C1. The van der Waals surface area contributed by atoms with Crippen molar-refractivity contribution in [1.82, 2.24) is 0 Å². The topological polar surface area (TPSA) is 52.6 Å². The minimum atomic E-state index is -3.50. The van der Waals surface area contributed by atoms with Crippen molar-refractivity contribution < 1.29 is 19.1 Å². The fourth-order valence-corrected chi connectivity index (χ4v) is 20.2. The predicted molar refractivity (Wildman–Crippen MR) is 187 cm³/mol. The first-order valence-electron chi connectivity index (χ1n) is 16.0. The van der Waals surface area contributed by atoms with E-state index in [1.807, 2.05) is 0 Å². The molecule has 4 nitrogen and oxygen atoms in total. The second-order valence-corrected chi connectivity index (χ2v) is 29.9. The first-order valence-corrected chi connectivity index (χ1v) is 26.0. The van der Waals surface area contributed by atoms with Crippen molar-refractivity contribution in [3.63, 3.8) is 0 Å². The summed E-state index contributed by atoms with van der Waals surface area (Å²) < 4.78 is 16.2. The fourth-order valence-electron chi connectivity index (χ4n) is 6.61. The molecule has 1 fully saturated rings. The minimum absolute atomic E-state index is 0.0213. The molecule has 2 atom stereocenters. The van der Waals surface area contributed by atoms with Crippen molar-refractivity contribution in [2.75, 3.05) is 13.2 Å². The van der Waals surface area contributed by atoms with Gasteiger partial charge in [0.15, 0.2) is 0 Å². The van der Waals surface area contributed by atoms with Gasteiger partial charge in [-0.25, -0.2) is 0 Å². The average molecular weight is 716 g/mol. The molecule has 0 aliphatic heterocycles. The maximum atomic E-state index is 13.4. The van der Waals surface area contributed by atoms with Crippen LogP contribution in [0.25, 0.3) is 0 Å². The van der Waals surface area contributed by atoms with E-state index >= 15 is 0 Å². The third-order valence-electron chi connectivity index (χ3n) is 8.77. The third kappa shape index (κ3) is 7.84. The number of esters is 2. The zero-order chi connectivity index (χ0) is 31.6. The second-order valence-electron chi connectivity index (χ2n) is 13.1. The van der Waals surface area contributed by atoms with Gasteiger partial charge in [-0.15, -0.1) is 0 Å². The monoisotopic (exact) mass is 716 g/mol. The molecule has 3 aromatic carbocycles. The number of rotatable bonds is 13. The molecule has 0 spiro atoms. The molecule has 44 heavy (non-hydrogen) atoms. The van der Waals surface area contributed by atoms with E-state index in [9.17, 15) is 9.59 Å². The first-order chi connectivity index (χ1) is 21.2. The Kier molecular flexibility index (Phi) is 11.9. The molecule has 0 N–H and O–H groups in total. The molecule has 4 rings (SSSR count). The number of ether oxygens (including phenoxy) is 2. The molecule has 0 amide bonds. The zero-order valence-electron chi connectivity index (χ0n) is 27.0. The van der Waals surface area contributed by atoms with Crippen LogP contribution in [0, 0.1) is 17.3 Å². The van der Waals surface area contributed by atoms with Gasteiger partial charge >= 0.3 is 271 Å². The van der Waals surface area contributed by atoms with Crippen LogP contribution in [0.15, 0.2) is 115 Å². The summed E-state index contributed by atoms with van der Waals surface area (Å²) in [7, 11) is -1.30. The number of allylic oxidation sites excluding steroid dienone is 4. The Hall–Kier alpha value is -2.90. The quantitative estimate of drug-likeness (QED) is 0.0852. The van der Waals surface area contributed by atoms with Crippen LogP contribution in [0.1, 0.15) is 26.7 Å².